The van der Waals surface area contributed by atoms with Gasteiger partial charge in [0.2, 0.25) is 0 Å². The summed E-state index contributed by atoms with van der Waals surface area (Å²) in [6.07, 6.45) is 4.02. The summed E-state index contributed by atoms with van der Waals surface area (Å²) >= 11 is 0. The Morgan fingerprint density at radius 1 is 1.00 bits per heavy atom. The van der Waals surface area contributed by atoms with Gasteiger partial charge in [-0.05, 0) is 19.3 Å². The lowest BCUT2D eigenvalue weighted by atomic mass is 10.3. The minimum absolute atomic E-state index is 0.0706. The lowest BCUT2D eigenvalue weighted by molar-refractivity contribution is 0.0688. The quantitative estimate of drug-likeness (QED) is 0.544. The van der Waals surface area contributed by atoms with Gasteiger partial charge < -0.3 is 20.1 Å². The third-order valence-electron chi connectivity index (χ3n) is 2.25. The second-order valence-electron chi connectivity index (χ2n) is 3.85. The van der Waals surface area contributed by atoms with Crippen molar-refractivity contribution in [2.45, 2.75) is 32.6 Å². The van der Waals surface area contributed by atoms with Crippen molar-refractivity contribution in [2.75, 3.05) is 40.0 Å². The van der Waals surface area contributed by atoms with Crippen LogP contribution in [0.15, 0.2) is 0 Å². The zero-order valence-corrected chi connectivity index (χ0v) is 11.1. The van der Waals surface area contributed by atoms with Gasteiger partial charge in [-0.15, -0.1) is 0 Å². The summed E-state index contributed by atoms with van der Waals surface area (Å²) in [7, 11) is 1.66. The Balaban J connectivity index is 3.08. The molecule has 0 saturated carbocycles. The van der Waals surface area contributed by atoms with E-state index in [0.717, 1.165) is 38.8 Å². The number of ether oxygens (including phenoxy) is 2. The number of hydrogen-bond acceptors (Lipinski definition) is 3. The van der Waals surface area contributed by atoms with Crippen molar-refractivity contribution in [3.63, 3.8) is 0 Å². The molecular formula is C12H26N2O3. The minimum Gasteiger partial charge on any atom is -0.382 e. The van der Waals surface area contributed by atoms with Crippen molar-refractivity contribution >= 4 is 6.03 Å². The van der Waals surface area contributed by atoms with Crippen LogP contribution in [-0.2, 0) is 9.47 Å². The Kier molecular flexibility index (Phi) is 12.6. The maximum Gasteiger partial charge on any atom is 0.314 e. The van der Waals surface area contributed by atoms with Crippen LogP contribution >= 0.6 is 0 Å². The summed E-state index contributed by atoms with van der Waals surface area (Å²) in [5, 5.41) is 5.62. The number of nitrogens with one attached hydrogen (secondary N) is 2. The Morgan fingerprint density at radius 3 is 2.35 bits per heavy atom. The fourth-order valence-corrected chi connectivity index (χ4v) is 1.22. The lowest BCUT2D eigenvalue weighted by Crippen LogP contribution is -2.36. The van der Waals surface area contributed by atoms with E-state index in [0.29, 0.717) is 19.8 Å². The van der Waals surface area contributed by atoms with Crippen molar-refractivity contribution in [2.24, 2.45) is 0 Å². The van der Waals surface area contributed by atoms with E-state index in [1.807, 2.05) is 0 Å². The van der Waals surface area contributed by atoms with Crippen molar-refractivity contribution in [1.82, 2.24) is 10.6 Å². The third kappa shape index (κ3) is 13.1. The van der Waals surface area contributed by atoms with Crippen LogP contribution in [0.2, 0.25) is 0 Å². The Hall–Kier alpha value is -0.810. The fourth-order valence-electron chi connectivity index (χ4n) is 1.22. The predicted octanol–water partition coefficient (Wildman–Crippen LogP) is 1.53. The van der Waals surface area contributed by atoms with Gasteiger partial charge in [-0.25, -0.2) is 4.79 Å². The molecule has 2 amide bonds. The molecule has 0 rings (SSSR count). The van der Waals surface area contributed by atoms with Crippen molar-refractivity contribution in [3.05, 3.63) is 0 Å². The molecule has 0 aliphatic rings. The average Bonchev–Trinajstić information content (AvgIpc) is 2.33. The summed E-state index contributed by atoms with van der Waals surface area (Å²) in [5.74, 6) is 0. The second-order valence-corrected chi connectivity index (χ2v) is 3.85. The standard InChI is InChI=1S/C12H26N2O3/c1-3-4-7-13-12(15)14-8-5-6-9-17-11-10-16-2/h3-11H2,1-2H3,(H2,13,14,15). The molecule has 0 atom stereocenters. The molecule has 0 aromatic carbocycles. The maximum absolute atomic E-state index is 11.2. The molecule has 0 radical (unpaired) electrons. The highest BCUT2D eigenvalue weighted by molar-refractivity contribution is 5.73. The van der Waals surface area contributed by atoms with Gasteiger partial charge in [0.25, 0.3) is 0 Å². The monoisotopic (exact) mass is 246 g/mol. The number of unbranched alkanes of at least 4 members (excludes halogenated alkanes) is 2. The van der Waals surface area contributed by atoms with Gasteiger partial charge >= 0.3 is 6.03 Å². The van der Waals surface area contributed by atoms with E-state index in [2.05, 4.69) is 17.6 Å². The first-order valence-corrected chi connectivity index (χ1v) is 6.39. The van der Waals surface area contributed by atoms with Gasteiger partial charge in [-0.2, -0.15) is 0 Å². The summed E-state index contributed by atoms with van der Waals surface area (Å²) in [6, 6.07) is -0.0706. The van der Waals surface area contributed by atoms with Crippen LogP contribution in [0, 0.1) is 0 Å². The number of hydrogen-bond donors (Lipinski definition) is 2. The first kappa shape index (κ1) is 16.2. The molecule has 0 saturated heterocycles. The van der Waals surface area contributed by atoms with Gasteiger partial charge in [0.1, 0.15) is 0 Å². The number of methoxy groups -OCH3 is 1. The number of amides is 2. The molecule has 0 aromatic rings. The normalized spacial score (nSPS) is 10.2. The number of rotatable bonds is 11. The molecule has 0 fully saturated rings. The van der Waals surface area contributed by atoms with E-state index in [1.165, 1.54) is 0 Å². The Bertz CT molecular complexity index is 177. The zero-order chi connectivity index (χ0) is 12.8. The van der Waals surface area contributed by atoms with Gasteiger partial charge in [0.15, 0.2) is 0 Å². The van der Waals surface area contributed by atoms with Crippen molar-refractivity contribution in [3.8, 4) is 0 Å². The molecule has 0 aliphatic carbocycles. The van der Waals surface area contributed by atoms with Crippen LogP contribution in [0.1, 0.15) is 32.6 Å². The van der Waals surface area contributed by atoms with Crippen LogP contribution in [0.25, 0.3) is 0 Å². The molecule has 5 heteroatoms. The summed E-state index contributed by atoms with van der Waals surface area (Å²) < 4.78 is 10.2. The molecule has 17 heavy (non-hydrogen) atoms. The smallest absolute Gasteiger partial charge is 0.314 e. The number of carbonyl (C=O) groups excluding carboxylic acids is 1. The zero-order valence-electron chi connectivity index (χ0n) is 11.1. The van der Waals surface area contributed by atoms with E-state index in [-0.39, 0.29) is 6.03 Å². The number of urea groups is 1. The molecule has 0 heterocycles. The molecule has 0 aromatic heterocycles. The van der Waals surface area contributed by atoms with Gasteiger partial charge in [-0.1, -0.05) is 13.3 Å². The molecule has 102 valence electrons. The summed E-state index contributed by atoms with van der Waals surface area (Å²) in [4.78, 5) is 11.2. The van der Waals surface area contributed by atoms with Crippen LogP contribution < -0.4 is 10.6 Å². The minimum atomic E-state index is -0.0706. The predicted molar refractivity (Wildman–Crippen MR) is 68.2 cm³/mol. The summed E-state index contributed by atoms with van der Waals surface area (Å²) in [5.41, 5.74) is 0. The topological polar surface area (TPSA) is 59.6 Å². The summed E-state index contributed by atoms with van der Waals surface area (Å²) in [6.45, 7) is 5.55. The maximum atomic E-state index is 11.2. The van der Waals surface area contributed by atoms with E-state index in [4.69, 9.17) is 9.47 Å². The molecule has 0 spiro atoms. The van der Waals surface area contributed by atoms with E-state index in [1.54, 1.807) is 7.11 Å². The molecule has 5 nitrogen and oxygen atoms in total. The van der Waals surface area contributed by atoms with Crippen LogP contribution in [0.5, 0.6) is 0 Å². The highest BCUT2D eigenvalue weighted by Crippen LogP contribution is 1.89. The lowest BCUT2D eigenvalue weighted by Gasteiger charge is -2.07. The Morgan fingerprint density at radius 2 is 1.71 bits per heavy atom. The van der Waals surface area contributed by atoms with Crippen molar-refractivity contribution in [1.29, 1.82) is 0 Å². The largest absolute Gasteiger partial charge is 0.382 e. The highest BCUT2D eigenvalue weighted by atomic mass is 16.5. The van der Waals surface area contributed by atoms with Crippen molar-refractivity contribution < 1.29 is 14.3 Å². The fraction of sp³-hybridized carbons (Fsp3) is 0.917. The van der Waals surface area contributed by atoms with E-state index >= 15 is 0 Å². The van der Waals surface area contributed by atoms with Gasteiger partial charge in [-0.3, -0.25) is 0 Å². The molecular weight excluding hydrogens is 220 g/mol. The molecule has 0 unspecified atom stereocenters. The average molecular weight is 246 g/mol. The van der Waals surface area contributed by atoms with Crippen LogP contribution in [0.3, 0.4) is 0 Å². The number of carbonyl (C=O) groups is 1. The third-order valence-corrected chi connectivity index (χ3v) is 2.25. The van der Waals surface area contributed by atoms with E-state index in [9.17, 15) is 4.79 Å². The molecule has 0 bridgehead atoms. The van der Waals surface area contributed by atoms with Gasteiger partial charge in [0, 0.05) is 26.8 Å². The molecule has 0 aliphatic heterocycles. The SMILES string of the molecule is CCCCNC(=O)NCCCCOCCOC. The first-order valence-electron chi connectivity index (χ1n) is 6.39. The second kappa shape index (κ2) is 13.3. The van der Waals surface area contributed by atoms with Gasteiger partial charge in [0.05, 0.1) is 13.2 Å². The first-order chi connectivity index (χ1) is 8.31. The van der Waals surface area contributed by atoms with Crippen LogP contribution in [0.4, 0.5) is 4.79 Å². The molecule has 2 N–H and O–H groups in total. The van der Waals surface area contributed by atoms with E-state index < -0.39 is 0 Å². The highest BCUT2D eigenvalue weighted by Gasteiger charge is 1.97. The van der Waals surface area contributed by atoms with Crippen LogP contribution in [-0.4, -0.2) is 46.1 Å². The Labute approximate surface area is 104 Å².